The average molecular weight is 382 g/mol. The Morgan fingerprint density at radius 1 is 1.33 bits per heavy atom. The molecule has 0 atom stereocenters. The predicted molar refractivity (Wildman–Crippen MR) is 102 cm³/mol. The van der Waals surface area contributed by atoms with Gasteiger partial charge in [-0.1, -0.05) is 21.9 Å². The van der Waals surface area contributed by atoms with Crippen LogP contribution in [0.2, 0.25) is 5.02 Å². The summed E-state index contributed by atoms with van der Waals surface area (Å²) in [6.07, 6.45) is 0. The van der Waals surface area contributed by atoms with Gasteiger partial charge in [-0.2, -0.15) is 4.37 Å². The number of fused-ring (bicyclic) bond motifs is 1. The number of hydrogen-bond donors (Lipinski definition) is 1. The molecule has 0 saturated carbocycles. The molecule has 1 aliphatic heterocycles. The van der Waals surface area contributed by atoms with Gasteiger partial charge in [0.1, 0.15) is 11.3 Å². The number of carbonyl (C=O) groups excluding carboxylic acids is 1. The maximum Gasteiger partial charge on any atom is 0.342 e. The number of hydrogen-bond acceptors (Lipinski definition) is 7. The number of carbonyl (C=O) groups is 1. The Morgan fingerprint density at radius 3 is 2.67 bits per heavy atom. The van der Waals surface area contributed by atoms with E-state index in [0.29, 0.717) is 28.6 Å². The quantitative estimate of drug-likeness (QED) is 0.500. The zero-order valence-electron chi connectivity index (χ0n) is 13.4. The van der Waals surface area contributed by atoms with Crippen LogP contribution in [0.3, 0.4) is 0 Å². The Labute approximate surface area is 152 Å². The van der Waals surface area contributed by atoms with Crippen molar-refractivity contribution in [2.45, 2.75) is 6.92 Å². The lowest BCUT2D eigenvalue weighted by atomic mass is 10.2. The molecule has 0 aromatic heterocycles. The van der Waals surface area contributed by atoms with E-state index in [2.05, 4.69) is 9.69 Å². The first kappa shape index (κ1) is 17.0. The largest absolute Gasteiger partial charge is 0.462 e. The average Bonchev–Trinajstić information content (AvgIpc) is 3.11. The van der Waals surface area contributed by atoms with Crippen LogP contribution in [-0.2, 0) is 4.74 Å². The second-order valence-electron chi connectivity index (χ2n) is 5.28. The highest BCUT2D eigenvalue weighted by Gasteiger charge is 2.31. The van der Waals surface area contributed by atoms with Crippen molar-refractivity contribution >= 4 is 55.5 Å². The van der Waals surface area contributed by atoms with Crippen LogP contribution in [0.5, 0.6) is 0 Å². The van der Waals surface area contributed by atoms with Gasteiger partial charge < -0.3 is 15.0 Å². The van der Waals surface area contributed by atoms with Crippen molar-refractivity contribution in [3.63, 3.8) is 0 Å². The van der Waals surface area contributed by atoms with Gasteiger partial charge >= 0.3 is 5.97 Å². The number of rotatable bonds is 5. The van der Waals surface area contributed by atoms with Crippen molar-refractivity contribution in [3.05, 3.63) is 34.9 Å². The Kier molecular flexibility index (Phi) is 4.93. The molecule has 1 N–H and O–H groups in total. The van der Waals surface area contributed by atoms with E-state index < -0.39 is 5.97 Å². The van der Waals surface area contributed by atoms with Crippen molar-refractivity contribution < 1.29 is 9.53 Å². The molecule has 0 radical (unpaired) electrons. The molecule has 24 heavy (non-hydrogen) atoms. The maximum absolute atomic E-state index is 12.4. The maximum atomic E-state index is 12.4. The Hall–Kier alpha value is -1.83. The van der Waals surface area contributed by atoms with Crippen LogP contribution < -0.4 is 10.2 Å². The van der Waals surface area contributed by atoms with Gasteiger partial charge in [-0.3, -0.25) is 0 Å². The Balaban J connectivity index is 2.00. The number of anilines is 3. The third-order valence-corrected chi connectivity index (χ3v) is 5.84. The number of halogens is 1. The normalized spacial score (nSPS) is 10.8. The molecule has 3 rings (SSSR count). The molecule has 0 spiro atoms. The van der Waals surface area contributed by atoms with E-state index in [0.717, 1.165) is 16.3 Å². The topological polar surface area (TPSA) is 54.5 Å². The molecular weight excluding hydrogens is 366 g/mol. The van der Waals surface area contributed by atoms with Crippen molar-refractivity contribution in [1.29, 1.82) is 0 Å². The lowest BCUT2D eigenvalue weighted by Crippen LogP contribution is -2.09. The molecule has 0 bridgehead atoms. The van der Waals surface area contributed by atoms with Crippen LogP contribution in [0, 0.1) is 0 Å². The second-order valence-corrected chi connectivity index (χ2v) is 7.51. The van der Waals surface area contributed by atoms with Gasteiger partial charge in [0.15, 0.2) is 0 Å². The predicted octanol–water partition coefficient (Wildman–Crippen LogP) is 4.95. The summed E-state index contributed by atoms with van der Waals surface area (Å²) < 4.78 is 9.48. The van der Waals surface area contributed by atoms with Gasteiger partial charge in [0, 0.05) is 36.0 Å². The van der Waals surface area contributed by atoms with Crippen LogP contribution >= 0.6 is 32.5 Å². The highest BCUT2D eigenvalue weighted by atomic mass is 35.5. The van der Waals surface area contributed by atoms with Crippen molar-refractivity contribution in [1.82, 2.24) is 4.37 Å². The van der Waals surface area contributed by atoms with Gasteiger partial charge in [0.25, 0.3) is 0 Å². The van der Waals surface area contributed by atoms with Crippen LogP contribution in [0.1, 0.15) is 17.3 Å². The third-order valence-electron chi connectivity index (χ3n) is 3.50. The first-order chi connectivity index (χ1) is 11.5. The summed E-state index contributed by atoms with van der Waals surface area (Å²) in [7, 11) is 6.72. The molecule has 0 amide bonds. The van der Waals surface area contributed by atoms with E-state index in [1.807, 2.05) is 43.3 Å². The minimum atomic E-state index is -0.417. The fourth-order valence-corrected chi connectivity index (χ4v) is 4.68. The van der Waals surface area contributed by atoms with E-state index in [-0.39, 0.29) is 0 Å². The van der Waals surface area contributed by atoms with Gasteiger partial charge in [0.05, 0.1) is 22.2 Å². The van der Waals surface area contributed by atoms with E-state index in [9.17, 15) is 4.79 Å². The lowest BCUT2D eigenvalue weighted by Gasteiger charge is -2.14. The molecular formula is C16H16ClN3O2S2. The molecule has 1 heterocycles. The fraction of sp³-hybridized carbons (Fsp3) is 0.250. The van der Waals surface area contributed by atoms with Crippen molar-refractivity contribution in [2.75, 3.05) is 30.9 Å². The lowest BCUT2D eigenvalue weighted by molar-refractivity contribution is 0.0528. The van der Waals surface area contributed by atoms with E-state index in [1.54, 1.807) is 6.92 Å². The number of nitrogens with one attached hydrogen (secondary N) is 1. The van der Waals surface area contributed by atoms with Crippen molar-refractivity contribution in [2.24, 2.45) is 0 Å². The summed E-state index contributed by atoms with van der Waals surface area (Å²) in [5.41, 5.74) is 3.47. The number of benzene rings is 1. The standard InChI is InChI=1S/C16H16ClN3O2S2/c1-4-22-16(21)11-13(12(17)15-14(11)19-24-23-15)18-9-5-7-10(8-6-9)20(2)3/h5-8,18H,4H2,1-3H3. The first-order valence-corrected chi connectivity index (χ1v) is 9.79. The highest BCUT2D eigenvalue weighted by Crippen LogP contribution is 2.48. The van der Waals surface area contributed by atoms with Gasteiger partial charge in [-0.15, -0.1) is 0 Å². The summed E-state index contributed by atoms with van der Waals surface area (Å²) in [4.78, 5) is 15.2. The minimum Gasteiger partial charge on any atom is -0.462 e. The molecule has 0 unspecified atom stereocenters. The smallest absolute Gasteiger partial charge is 0.342 e. The number of nitrogens with zero attached hydrogens (tertiary/aromatic N) is 2. The van der Waals surface area contributed by atoms with Crippen molar-refractivity contribution in [3.8, 4) is 10.6 Å². The molecule has 0 saturated heterocycles. The van der Waals surface area contributed by atoms with Gasteiger partial charge in [-0.25, -0.2) is 4.79 Å². The SMILES string of the molecule is CCOC(=O)c1c2nssc-2c(Cl)c1Nc1ccc(N(C)C)cc1. The fourth-order valence-electron chi connectivity index (χ4n) is 2.32. The molecule has 0 fully saturated rings. The number of ether oxygens (including phenoxy) is 1. The van der Waals surface area contributed by atoms with E-state index in [4.69, 9.17) is 16.3 Å². The number of aromatic nitrogens is 1. The molecule has 5 nitrogen and oxygen atoms in total. The first-order valence-electron chi connectivity index (χ1n) is 7.31. The second kappa shape index (κ2) is 6.96. The molecule has 1 aromatic carbocycles. The van der Waals surface area contributed by atoms with E-state index in [1.165, 1.54) is 20.9 Å². The van der Waals surface area contributed by atoms with Crippen LogP contribution in [0.25, 0.3) is 10.6 Å². The van der Waals surface area contributed by atoms with Crippen LogP contribution in [0.15, 0.2) is 24.3 Å². The number of esters is 1. The Morgan fingerprint density at radius 2 is 2.04 bits per heavy atom. The molecule has 1 aliphatic carbocycles. The van der Waals surface area contributed by atoms with Crippen LogP contribution in [-0.4, -0.2) is 31.0 Å². The summed E-state index contributed by atoms with van der Waals surface area (Å²) >= 11 is 6.48. The highest BCUT2D eigenvalue weighted by molar-refractivity contribution is 7.68. The third kappa shape index (κ3) is 3.07. The zero-order chi connectivity index (χ0) is 17.3. The zero-order valence-corrected chi connectivity index (χ0v) is 15.8. The monoisotopic (exact) mass is 381 g/mol. The summed E-state index contributed by atoms with van der Waals surface area (Å²) in [6, 6.07) is 7.87. The summed E-state index contributed by atoms with van der Waals surface area (Å²) in [5.74, 6) is -0.417. The summed E-state index contributed by atoms with van der Waals surface area (Å²) in [6.45, 7) is 2.07. The van der Waals surface area contributed by atoms with Crippen LogP contribution in [0.4, 0.5) is 17.1 Å². The summed E-state index contributed by atoms with van der Waals surface area (Å²) in [5, 5.41) is 3.75. The Bertz CT molecular complexity index is 827. The molecule has 126 valence electrons. The molecule has 1 aromatic rings. The molecule has 8 heteroatoms. The van der Waals surface area contributed by atoms with Gasteiger partial charge in [-0.05, 0) is 31.2 Å². The minimum absolute atomic E-state index is 0.299. The van der Waals surface area contributed by atoms with Gasteiger partial charge in [0.2, 0.25) is 0 Å². The molecule has 2 aliphatic rings. The van der Waals surface area contributed by atoms with E-state index >= 15 is 0 Å².